The molecule has 3 aliphatic carbocycles. The predicted octanol–water partition coefficient (Wildman–Crippen LogP) is 4.66. The van der Waals surface area contributed by atoms with Crippen LogP contribution in [0.25, 0.3) is 10.3 Å². The van der Waals surface area contributed by atoms with E-state index >= 15 is 0 Å². The van der Waals surface area contributed by atoms with Crippen molar-refractivity contribution in [1.82, 2.24) is 15.3 Å². The van der Waals surface area contributed by atoms with E-state index in [-0.39, 0.29) is 5.91 Å². The van der Waals surface area contributed by atoms with E-state index in [1.165, 1.54) is 50.0 Å². The van der Waals surface area contributed by atoms with Crippen molar-refractivity contribution < 1.29 is 4.79 Å². The van der Waals surface area contributed by atoms with Crippen molar-refractivity contribution in [2.45, 2.75) is 69.7 Å². The molecule has 0 aliphatic heterocycles. The Kier molecular flexibility index (Phi) is 4.00. The van der Waals surface area contributed by atoms with Gasteiger partial charge in [0.1, 0.15) is 0 Å². The summed E-state index contributed by atoms with van der Waals surface area (Å²) in [5.41, 5.74) is 1.47. The van der Waals surface area contributed by atoms with Crippen LogP contribution in [0, 0.1) is 11.8 Å². The van der Waals surface area contributed by atoms with Gasteiger partial charge in [-0.2, -0.15) is 0 Å². The monoisotopic (exact) mass is 355 g/mol. The maximum atomic E-state index is 12.6. The average molecular weight is 356 g/mol. The van der Waals surface area contributed by atoms with Crippen LogP contribution in [-0.4, -0.2) is 21.9 Å². The fourth-order valence-electron chi connectivity index (χ4n) is 4.10. The van der Waals surface area contributed by atoms with Crippen molar-refractivity contribution in [1.29, 1.82) is 0 Å². The number of rotatable bonds is 5. The first-order valence-electron chi connectivity index (χ1n) is 9.82. The number of nitrogens with zero attached hydrogens (tertiary/aromatic N) is 2. The molecule has 0 spiro atoms. The molecule has 3 saturated carbocycles. The van der Waals surface area contributed by atoms with Gasteiger partial charge in [-0.1, -0.05) is 12.8 Å². The zero-order valence-corrected chi connectivity index (χ0v) is 15.4. The highest BCUT2D eigenvalue weighted by Crippen LogP contribution is 2.43. The van der Waals surface area contributed by atoms with Crippen molar-refractivity contribution in [2.75, 3.05) is 0 Å². The number of amides is 1. The molecule has 25 heavy (non-hydrogen) atoms. The zero-order chi connectivity index (χ0) is 16.8. The van der Waals surface area contributed by atoms with Gasteiger partial charge >= 0.3 is 0 Å². The van der Waals surface area contributed by atoms with Gasteiger partial charge in [-0.3, -0.25) is 4.79 Å². The number of carbonyl (C=O) groups is 1. The predicted molar refractivity (Wildman–Crippen MR) is 99.9 cm³/mol. The lowest BCUT2D eigenvalue weighted by Crippen LogP contribution is -2.37. The molecule has 0 aromatic carbocycles. The van der Waals surface area contributed by atoms with Gasteiger partial charge in [-0.25, -0.2) is 9.97 Å². The van der Waals surface area contributed by atoms with E-state index < -0.39 is 0 Å². The van der Waals surface area contributed by atoms with E-state index in [9.17, 15) is 4.79 Å². The number of aromatic nitrogens is 2. The minimum atomic E-state index is 0.0291. The Hall–Kier alpha value is -1.49. The molecule has 2 heterocycles. The van der Waals surface area contributed by atoms with Gasteiger partial charge < -0.3 is 5.32 Å². The van der Waals surface area contributed by atoms with E-state index in [2.05, 4.69) is 15.3 Å². The topological polar surface area (TPSA) is 54.9 Å². The summed E-state index contributed by atoms with van der Waals surface area (Å²) in [4.78, 5) is 21.6. The quantitative estimate of drug-likeness (QED) is 0.849. The number of fused-ring (bicyclic) bond motifs is 1. The molecule has 3 aliphatic rings. The maximum Gasteiger partial charge on any atom is 0.253 e. The number of pyridine rings is 1. The van der Waals surface area contributed by atoms with E-state index in [1.54, 1.807) is 17.5 Å². The van der Waals surface area contributed by atoms with E-state index in [4.69, 9.17) is 0 Å². The fourth-order valence-corrected chi connectivity index (χ4v) is 5.24. The number of hydrogen-bond donors (Lipinski definition) is 1. The van der Waals surface area contributed by atoms with Crippen LogP contribution in [0.3, 0.4) is 0 Å². The Morgan fingerprint density at radius 3 is 2.48 bits per heavy atom. The first-order chi connectivity index (χ1) is 12.2. The molecule has 0 saturated heterocycles. The molecular formula is C20H25N3OS. The molecule has 2 aromatic heterocycles. The molecule has 2 aromatic rings. The van der Waals surface area contributed by atoms with Gasteiger partial charge in [0.05, 0.1) is 15.3 Å². The Bertz CT molecular complexity index is 785. The highest BCUT2D eigenvalue weighted by molar-refractivity contribution is 7.18. The van der Waals surface area contributed by atoms with Gasteiger partial charge in [0.15, 0.2) is 5.65 Å². The molecule has 4 nitrogen and oxygen atoms in total. The first kappa shape index (κ1) is 15.7. The van der Waals surface area contributed by atoms with Crippen LogP contribution in [-0.2, 0) is 0 Å². The lowest BCUT2D eigenvalue weighted by molar-refractivity contribution is 0.0920. The van der Waals surface area contributed by atoms with Crippen LogP contribution in [0.15, 0.2) is 12.3 Å². The lowest BCUT2D eigenvalue weighted by atomic mass is 9.83. The molecule has 3 fully saturated rings. The Labute approximate surface area is 152 Å². The summed E-state index contributed by atoms with van der Waals surface area (Å²) in [5.74, 6) is 2.59. The van der Waals surface area contributed by atoms with E-state index in [0.29, 0.717) is 17.5 Å². The lowest BCUT2D eigenvalue weighted by Gasteiger charge is -2.29. The maximum absolute atomic E-state index is 12.6. The minimum Gasteiger partial charge on any atom is -0.349 e. The zero-order valence-electron chi connectivity index (χ0n) is 14.5. The molecule has 0 atom stereocenters. The summed E-state index contributed by atoms with van der Waals surface area (Å²) < 4.78 is 1.04. The molecule has 0 unspecified atom stereocenters. The summed E-state index contributed by atoms with van der Waals surface area (Å²) in [7, 11) is 0. The molecule has 132 valence electrons. The van der Waals surface area contributed by atoms with Crippen molar-refractivity contribution in [3.8, 4) is 0 Å². The smallest absolute Gasteiger partial charge is 0.253 e. The molecule has 0 bridgehead atoms. The third-order valence-electron chi connectivity index (χ3n) is 6.00. The van der Waals surface area contributed by atoms with Crippen LogP contribution in [0.2, 0.25) is 0 Å². The van der Waals surface area contributed by atoms with E-state index in [1.807, 2.05) is 6.07 Å². The van der Waals surface area contributed by atoms with Crippen LogP contribution >= 0.6 is 11.3 Å². The Morgan fingerprint density at radius 1 is 1.08 bits per heavy atom. The normalized spacial score (nSPS) is 26.7. The van der Waals surface area contributed by atoms with Crippen molar-refractivity contribution >= 4 is 27.6 Å². The number of carbonyl (C=O) groups excluding carboxylic acids is 1. The highest BCUT2D eigenvalue weighted by Gasteiger charge is 2.30. The standard InChI is InChI=1S/C20H25N3OS/c24-19(22-16-7-3-13(4-8-16)9-12-1-2-12)15-10-17-18(21-11-15)23-20(25-17)14-5-6-14/h10-14,16H,1-9H2,(H,22,24). The first-order valence-corrected chi connectivity index (χ1v) is 10.6. The molecule has 5 heteroatoms. The van der Waals surface area contributed by atoms with Gasteiger partial charge in [0.2, 0.25) is 0 Å². The van der Waals surface area contributed by atoms with Crippen molar-refractivity contribution in [2.24, 2.45) is 11.8 Å². The summed E-state index contributed by atoms with van der Waals surface area (Å²) >= 11 is 1.70. The largest absolute Gasteiger partial charge is 0.349 e. The average Bonchev–Trinajstić information content (AvgIpc) is 3.55. The van der Waals surface area contributed by atoms with Crippen molar-refractivity contribution in [3.05, 3.63) is 22.8 Å². The minimum absolute atomic E-state index is 0.0291. The Balaban J connectivity index is 1.21. The van der Waals surface area contributed by atoms with Crippen LogP contribution < -0.4 is 5.32 Å². The molecule has 1 amide bonds. The number of nitrogens with one attached hydrogen (secondary N) is 1. The molecule has 5 rings (SSSR count). The SMILES string of the molecule is O=C(NC1CCC(CC2CC2)CC1)c1cnc2nc(C3CC3)sc2c1. The molecule has 1 N–H and O–H groups in total. The third-order valence-corrected chi connectivity index (χ3v) is 7.15. The Morgan fingerprint density at radius 2 is 1.80 bits per heavy atom. The molecule has 0 radical (unpaired) electrons. The van der Waals surface area contributed by atoms with Gasteiger partial charge in [0.25, 0.3) is 5.91 Å². The number of hydrogen-bond acceptors (Lipinski definition) is 4. The van der Waals surface area contributed by atoms with Gasteiger partial charge in [-0.05, 0) is 62.8 Å². The fraction of sp³-hybridized carbons (Fsp3) is 0.650. The van der Waals surface area contributed by atoms with Gasteiger partial charge in [-0.15, -0.1) is 11.3 Å². The molecular weight excluding hydrogens is 330 g/mol. The summed E-state index contributed by atoms with van der Waals surface area (Å²) in [6.07, 6.45) is 13.3. The summed E-state index contributed by atoms with van der Waals surface area (Å²) in [5, 5.41) is 4.43. The van der Waals surface area contributed by atoms with Gasteiger partial charge in [0, 0.05) is 18.2 Å². The van der Waals surface area contributed by atoms with Crippen LogP contribution in [0.5, 0.6) is 0 Å². The van der Waals surface area contributed by atoms with Crippen LogP contribution in [0.4, 0.5) is 0 Å². The highest BCUT2D eigenvalue weighted by atomic mass is 32.1. The second kappa shape index (κ2) is 6.35. The second-order valence-corrected chi connectivity index (χ2v) is 9.30. The van der Waals surface area contributed by atoms with Crippen LogP contribution in [0.1, 0.15) is 79.1 Å². The summed E-state index contributed by atoms with van der Waals surface area (Å²) in [6, 6.07) is 2.31. The number of thiazole rings is 1. The van der Waals surface area contributed by atoms with E-state index in [0.717, 1.165) is 35.0 Å². The third kappa shape index (κ3) is 3.57. The second-order valence-electron chi connectivity index (χ2n) is 8.24. The van der Waals surface area contributed by atoms with Crippen molar-refractivity contribution in [3.63, 3.8) is 0 Å². The summed E-state index contributed by atoms with van der Waals surface area (Å²) in [6.45, 7) is 0.